The maximum absolute atomic E-state index is 16.1. The second-order valence-corrected chi connectivity index (χ2v) is 11.7. The van der Waals surface area contributed by atoms with E-state index >= 15 is 8.78 Å². The standard InChI is InChI=1S/C33H30F6N8O2/c34-25-6-4-24(5-7-25)31(49,20-47-21-42-43-44-47)33(38,39)30-12-3-23(18-41-30)22-1-8-26(9-2-22)45-13-15-46(16-14-45)27-10-11-28(40-19-27)29(48)17-32(35,36)37/h1-12,18-19,21,29,48-49H,13-17,20H2. The molecule has 0 saturated carbocycles. The molecule has 10 nitrogen and oxygen atoms in total. The van der Waals surface area contributed by atoms with E-state index in [1.165, 1.54) is 24.5 Å². The SMILES string of the molecule is OC(CC(F)(F)F)c1ccc(N2CCN(c3ccc(-c4ccc(C(F)(F)C(O)(Cn5cnnn5)c5ccc(F)cc5)nc4)cc3)CC2)cn1. The summed E-state index contributed by atoms with van der Waals surface area (Å²) in [6, 6.07) is 17.3. The van der Waals surface area contributed by atoms with E-state index in [2.05, 4.69) is 35.3 Å². The Labute approximate surface area is 276 Å². The van der Waals surface area contributed by atoms with Crippen LogP contribution in [0.5, 0.6) is 0 Å². The molecule has 0 amide bonds. The molecule has 5 aromatic rings. The Morgan fingerprint density at radius 2 is 1.37 bits per heavy atom. The second kappa shape index (κ2) is 13.4. The Bertz CT molecular complexity index is 1820. The Hall–Kier alpha value is -5.09. The van der Waals surface area contributed by atoms with E-state index in [1.54, 1.807) is 6.07 Å². The van der Waals surface area contributed by atoms with Crippen molar-refractivity contribution in [3.63, 3.8) is 0 Å². The van der Waals surface area contributed by atoms with Crippen molar-refractivity contribution in [2.75, 3.05) is 36.0 Å². The Morgan fingerprint density at radius 3 is 1.92 bits per heavy atom. The molecule has 1 aliphatic heterocycles. The zero-order valence-electron chi connectivity index (χ0n) is 25.7. The van der Waals surface area contributed by atoms with Gasteiger partial charge in [0.2, 0.25) is 0 Å². The number of rotatable bonds is 10. The molecule has 1 saturated heterocycles. The van der Waals surface area contributed by atoms with Crippen LogP contribution in [0, 0.1) is 5.82 Å². The number of aliphatic hydroxyl groups is 2. The maximum Gasteiger partial charge on any atom is 0.391 e. The summed E-state index contributed by atoms with van der Waals surface area (Å²) in [5.74, 6) is -4.59. The highest BCUT2D eigenvalue weighted by Crippen LogP contribution is 2.46. The smallest absolute Gasteiger partial charge is 0.386 e. The quantitative estimate of drug-likeness (QED) is 0.190. The van der Waals surface area contributed by atoms with Crippen molar-refractivity contribution in [1.82, 2.24) is 30.2 Å². The van der Waals surface area contributed by atoms with Crippen molar-refractivity contribution >= 4 is 11.4 Å². The molecule has 4 heterocycles. The van der Waals surface area contributed by atoms with Gasteiger partial charge < -0.3 is 20.0 Å². The van der Waals surface area contributed by atoms with Crippen molar-refractivity contribution in [3.05, 3.63) is 114 Å². The number of nitrogens with zero attached hydrogens (tertiary/aromatic N) is 8. The summed E-state index contributed by atoms with van der Waals surface area (Å²) in [6.07, 6.45) is -3.73. The van der Waals surface area contributed by atoms with E-state index in [0.717, 1.165) is 58.3 Å². The molecule has 16 heteroatoms. The lowest BCUT2D eigenvalue weighted by Crippen LogP contribution is -2.47. The summed E-state index contributed by atoms with van der Waals surface area (Å²) < 4.78 is 84.5. The fourth-order valence-corrected chi connectivity index (χ4v) is 5.74. The first kappa shape index (κ1) is 33.8. The number of aliphatic hydroxyl groups excluding tert-OH is 1. The minimum Gasteiger partial charge on any atom is -0.386 e. The zero-order chi connectivity index (χ0) is 34.8. The highest BCUT2D eigenvalue weighted by atomic mass is 19.4. The molecule has 2 atom stereocenters. The summed E-state index contributed by atoms with van der Waals surface area (Å²) in [7, 11) is 0. The summed E-state index contributed by atoms with van der Waals surface area (Å²) in [5.41, 5.74) is -0.870. The number of piperazine rings is 1. The number of hydrogen-bond donors (Lipinski definition) is 2. The molecule has 2 N–H and O–H groups in total. The average molecular weight is 685 g/mol. The van der Waals surface area contributed by atoms with E-state index in [0.29, 0.717) is 31.7 Å². The number of hydrogen-bond acceptors (Lipinski definition) is 9. The Morgan fingerprint density at radius 1 is 0.735 bits per heavy atom. The van der Waals surface area contributed by atoms with Gasteiger partial charge in [0.15, 0.2) is 5.60 Å². The number of anilines is 2. The lowest BCUT2D eigenvalue weighted by atomic mass is 9.85. The normalized spacial score (nSPS) is 16.0. The van der Waals surface area contributed by atoms with Gasteiger partial charge in [0.25, 0.3) is 0 Å². The van der Waals surface area contributed by atoms with Crippen molar-refractivity contribution in [2.24, 2.45) is 0 Å². The number of benzene rings is 2. The van der Waals surface area contributed by atoms with Gasteiger partial charge in [-0.3, -0.25) is 9.97 Å². The molecule has 0 spiro atoms. The van der Waals surface area contributed by atoms with Crippen molar-refractivity contribution in [2.45, 2.75) is 36.8 Å². The summed E-state index contributed by atoms with van der Waals surface area (Å²) in [6.45, 7) is 1.85. The number of tetrazole rings is 1. The zero-order valence-corrected chi connectivity index (χ0v) is 25.7. The topological polar surface area (TPSA) is 116 Å². The third kappa shape index (κ3) is 7.34. The molecule has 1 fully saturated rings. The molecular formula is C33H30F6N8O2. The Balaban J connectivity index is 1.11. The van der Waals surface area contributed by atoms with Crippen molar-refractivity contribution in [3.8, 4) is 11.1 Å². The van der Waals surface area contributed by atoms with Crippen LogP contribution in [0.4, 0.5) is 37.7 Å². The van der Waals surface area contributed by atoms with E-state index < -0.39 is 48.3 Å². The van der Waals surface area contributed by atoms with Crippen molar-refractivity contribution < 1.29 is 36.6 Å². The first-order valence-electron chi connectivity index (χ1n) is 15.2. The van der Waals surface area contributed by atoms with E-state index in [1.807, 2.05) is 24.3 Å². The molecular weight excluding hydrogens is 654 g/mol. The van der Waals surface area contributed by atoms with Gasteiger partial charge in [-0.15, -0.1) is 5.10 Å². The lowest BCUT2D eigenvalue weighted by molar-refractivity contribution is -0.206. The molecule has 0 bridgehead atoms. The van der Waals surface area contributed by atoms with Crippen LogP contribution in [-0.4, -0.2) is 72.7 Å². The minimum absolute atomic E-state index is 0.0363. The minimum atomic E-state index is -4.49. The molecule has 1 aliphatic rings. The molecule has 2 unspecified atom stereocenters. The molecule has 0 radical (unpaired) electrons. The van der Waals surface area contributed by atoms with Crippen LogP contribution in [0.15, 0.2) is 91.5 Å². The van der Waals surface area contributed by atoms with Crippen LogP contribution < -0.4 is 9.80 Å². The Kier molecular flexibility index (Phi) is 9.26. The van der Waals surface area contributed by atoms with Gasteiger partial charge in [0.1, 0.15) is 23.9 Å². The van der Waals surface area contributed by atoms with Gasteiger partial charge in [0.05, 0.1) is 30.5 Å². The van der Waals surface area contributed by atoms with Gasteiger partial charge >= 0.3 is 12.1 Å². The summed E-state index contributed by atoms with van der Waals surface area (Å²) >= 11 is 0. The van der Waals surface area contributed by atoms with E-state index in [4.69, 9.17) is 0 Å². The third-order valence-corrected chi connectivity index (χ3v) is 8.46. The molecule has 0 aliphatic carbocycles. The number of alkyl halides is 5. The van der Waals surface area contributed by atoms with Crippen LogP contribution >= 0.6 is 0 Å². The molecule has 256 valence electrons. The van der Waals surface area contributed by atoms with Crippen LogP contribution in [0.3, 0.4) is 0 Å². The number of aromatic nitrogens is 6. The number of pyridine rings is 2. The molecule has 3 aromatic heterocycles. The van der Waals surface area contributed by atoms with Gasteiger partial charge in [-0.05, 0) is 64.0 Å². The largest absolute Gasteiger partial charge is 0.391 e. The lowest BCUT2D eigenvalue weighted by Gasteiger charge is -2.37. The third-order valence-electron chi connectivity index (χ3n) is 8.46. The van der Waals surface area contributed by atoms with Crippen LogP contribution in [-0.2, 0) is 18.1 Å². The molecule has 6 rings (SSSR count). The predicted octanol–water partition coefficient (Wildman–Crippen LogP) is 5.26. The summed E-state index contributed by atoms with van der Waals surface area (Å²) in [5, 5.41) is 31.7. The van der Waals surface area contributed by atoms with Crippen LogP contribution in [0.1, 0.15) is 29.5 Å². The predicted molar refractivity (Wildman–Crippen MR) is 166 cm³/mol. The van der Waals surface area contributed by atoms with Crippen LogP contribution in [0.2, 0.25) is 0 Å². The fourth-order valence-electron chi connectivity index (χ4n) is 5.74. The monoisotopic (exact) mass is 684 g/mol. The highest BCUT2D eigenvalue weighted by molar-refractivity contribution is 5.66. The van der Waals surface area contributed by atoms with Gasteiger partial charge in [-0.25, -0.2) is 9.07 Å². The maximum atomic E-state index is 16.1. The first-order chi connectivity index (χ1) is 23.3. The van der Waals surface area contributed by atoms with Crippen LogP contribution in [0.25, 0.3) is 11.1 Å². The fraction of sp³-hybridized carbons (Fsp3) is 0.303. The molecule has 2 aromatic carbocycles. The van der Waals surface area contributed by atoms with Crippen molar-refractivity contribution in [1.29, 1.82) is 0 Å². The van der Waals surface area contributed by atoms with Gasteiger partial charge in [0, 0.05) is 43.6 Å². The van der Waals surface area contributed by atoms with E-state index in [-0.39, 0.29) is 11.3 Å². The van der Waals surface area contributed by atoms with Gasteiger partial charge in [-0.1, -0.05) is 30.3 Å². The summed E-state index contributed by atoms with van der Waals surface area (Å²) in [4.78, 5) is 12.3. The number of halogens is 6. The average Bonchev–Trinajstić information content (AvgIpc) is 3.61. The molecule has 49 heavy (non-hydrogen) atoms. The second-order valence-electron chi connectivity index (χ2n) is 11.7. The van der Waals surface area contributed by atoms with Gasteiger partial charge in [-0.2, -0.15) is 22.0 Å². The highest BCUT2D eigenvalue weighted by Gasteiger charge is 2.56. The first-order valence-corrected chi connectivity index (χ1v) is 15.2. The van der Waals surface area contributed by atoms with E-state index in [9.17, 15) is 27.8 Å².